The number of rotatable bonds is 8. The van der Waals surface area contributed by atoms with Gasteiger partial charge in [0.2, 0.25) is 11.8 Å². The number of hydrogen-bond acceptors (Lipinski definition) is 5. The first-order valence-corrected chi connectivity index (χ1v) is 13.0. The summed E-state index contributed by atoms with van der Waals surface area (Å²) in [4.78, 5) is 41.9. The summed E-state index contributed by atoms with van der Waals surface area (Å²) in [5.41, 5.74) is 2.78. The van der Waals surface area contributed by atoms with E-state index in [1.807, 2.05) is 36.4 Å². The van der Waals surface area contributed by atoms with Crippen LogP contribution < -0.4 is 10.6 Å². The van der Waals surface area contributed by atoms with Gasteiger partial charge in [-0.2, -0.15) is 0 Å². The molecule has 182 valence electrons. The van der Waals surface area contributed by atoms with Gasteiger partial charge in [0.1, 0.15) is 10.8 Å². The predicted molar refractivity (Wildman–Crippen MR) is 134 cm³/mol. The van der Waals surface area contributed by atoms with Gasteiger partial charge in [0.05, 0.1) is 24.3 Å². The Hall–Kier alpha value is -3.39. The molecule has 2 aromatic heterocycles. The molecule has 0 bridgehead atoms. The van der Waals surface area contributed by atoms with Gasteiger partial charge >= 0.3 is 0 Å². The molecule has 0 saturated carbocycles. The number of likely N-dealkylation sites (tertiary alicyclic amines) is 1. The van der Waals surface area contributed by atoms with Crippen LogP contribution in [0.1, 0.15) is 51.4 Å². The van der Waals surface area contributed by atoms with Crippen molar-refractivity contribution in [3.63, 3.8) is 0 Å². The number of aryl methyl sites for hydroxylation is 1. The minimum atomic E-state index is -0.420. The molecular weight excluding hydrogens is 462 g/mol. The molecule has 1 aromatic carbocycles. The van der Waals surface area contributed by atoms with Crippen molar-refractivity contribution in [2.75, 3.05) is 18.4 Å². The Morgan fingerprint density at radius 3 is 2.71 bits per heavy atom. The number of nitrogens with one attached hydrogen (secondary N) is 2. The fourth-order valence-electron chi connectivity index (χ4n) is 4.85. The van der Waals surface area contributed by atoms with Crippen molar-refractivity contribution in [2.24, 2.45) is 5.92 Å². The average Bonchev–Trinajstić information content (AvgIpc) is 3.60. The van der Waals surface area contributed by atoms with Crippen LogP contribution >= 0.6 is 11.3 Å². The molecule has 1 fully saturated rings. The summed E-state index contributed by atoms with van der Waals surface area (Å²) in [6, 6.07) is 13.6. The minimum Gasteiger partial charge on any atom is -0.467 e. The number of nitrogens with zero attached hydrogens (tertiary/aromatic N) is 1. The topological polar surface area (TPSA) is 91.6 Å². The zero-order chi connectivity index (χ0) is 24.2. The smallest absolute Gasteiger partial charge is 0.254 e. The zero-order valence-electron chi connectivity index (χ0n) is 19.5. The molecule has 0 spiro atoms. The van der Waals surface area contributed by atoms with Gasteiger partial charge in [-0.15, -0.1) is 11.3 Å². The number of fused-ring (bicyclic) bond motifs is 1. The highest BCUT2D eigenvalue weighted by Gasteiger charge is 2.35. The number of carbonyl (C=O) groups excluding carboxylic acids is 3. The Morgan fingerprint density at radius 1 is 1.09 bits per heavy atom. The van der Waals surface area contributed by atoms with Crippen LogP contribution in [0.25, 0.3) is 0 Å². The summed E-state index contributed by atoms with van der Waals surface area (Å²) in [7, 11) is 0. The van der Waals surface area contributed by atoms with Gasteiger partial charge < -0.3 is 20.0 Å². The quantitative estimate of drug-likeness (QED) is 0.495. The molecular formula is C27H29N3O4S. The monoisotopic (exact) mass is 491 g/mol. The van der Waals surface area contributed by atoms with Crippen molar-refractivity contribution in [3.8, 4) is 0 Å². The first-order chi connectivity index (χ1) is 17.1. The highest BCUT2D eigenvalue weighted by atomic mass is 32.1. The van der Waals surface area contributed by atoms with Gasteiger partial charge in [-0.05, 0) is 55.4 Å². The summed E-state index contributed by atoms with van der Waals surface area (Å²) in [5, 5.41) is 6.53. The second-order valence-electron chi connectivity index (χ2n) is 9.14. The van der Waals surface area contributed by atoms with Crippen LogP contribution in [0.5, 0.6) is 0 Å². The van der Waals surface area contributed by atoms with Gasteiger partial charge in [0.25, 0.3) is 5.91 Å². The van der Waals surface area contributed by atoms with E-state index in [4.69, 9.17) is 4.42 Å². The fraction of sp³-hybridized carbons (Fsp3) is 0.370. The lowest BCUT2D eigenvalue weighted by molar-refractivity contribution is -0.128. The largest absolute Gasteiger partial charge is 0.467 e. The number of furan rings is 1. The lowest BCUT2D eigenvalue weighted by Crippen LogP contribution is -2.30. The van der Waals surface area contributed by atoms with Crippen LogP contribution in [-0.2, 0) is 35.4 Å². The molecule has 1 unspecified atom stereocenters. The summed E-state index contributed by atoms with van der Waals surface area (Å²) in [6.45, 7) is 1.29. The molecule has 2 N–H and O–H groups in total. The molecule has 5 rings (SSSR count). The van der Waals surface area contributed by atoms with E-state index < -0.39 is 5.92 Å². The van der Waals surface area contributed by atoms with E-state index in [0.717, 1.165) is 37.7 Å². The molecule has 1 aliphatic heterocycles. The molecule has 3 heterocycles. The van der Waals surface area contributed by atoms with Crippen LogP contribution in [0, 0.1) is 5.92 Å². The van der Waals surface area contributed by atoms with E-state index in [2.05, 4.69) is 10.6 Å². The highest BCUT2D eigenvalue weighted by molar-refractivity contribution is 7.17. The third-order valence-electron chi connectivity index (χ3n) is 6.74. The second-order valence-corrected chi connectivity index (χ2v) is 10.2. The van der Waals surface area contributed by atoms with E-state index in [0.29, 0.717) is 29.4 Å². The number of thiophene rings is 1. The summed E-state index contributed by atoms with van der Waals surface area (Å²) < 4.78 is 5.33. The minimum absolute atomic E-state index is 0.00275. The van der Waals surface area contributed by atoms with Crippen molar-refractivity contribution in [1.29, 1.82) is 0 Å². The zero-order valence-corrected chi connectivity index (χ0v) is 20.4. The number of anilines is 1. The Kier molecular flexibility index (Phi) is 6.99. The molecule has 3 aromatic rings. The first-order valence-electron chi connectivity index (χ1n) is 12.2. The van der Waals surface area contributed by atoms with Crippen molar-refractivity contribution >= 4 is 34.1 Å². The van der Waals surface area contributed by atoms with Gasteiger partial charge in [-0.25, -0.2) is 0 Å². The number of benzene rings is 1. The molecule has 35 heavy (non-hydrogen) atoms. The Bertz CT molecular complexity index is 1200. The Morgan fingerprint density at radius 2 is 1.91 bits per heavy atom. The Balaban J connectivity index is 1.26. The lowest BCUT2D eigenvalue weighted by Gasteiger charge is -2.17. The third kappa shape index (κ3) is 5.32. The van der Waals surface area contributed by atoms with Crippen molar-refractivity contribution < 1.29 is 18.8 Å². The van der Waals surface area contributed by atoms with Gasteiger partial charge in [0, 0.05) is 24.4 Å². The first kappa shape index (κ1) is 23.4. The predicted octanol–water partition coefficient (Wildman–Crippen LogP) is 4.18. The summed E-state index contributed by atoms with van der Waals surface area (Å²) in [6.07, 6.45) is 6.41. The van der Waals surface area contributed by atoms with Crippen molar-refractivity contribution in [1.82, 2.24) is 10.2 Å². The molecule has 7 nitrogen and oxygen atoms in total. The molecule has 8 heteroatoms. The van der Waals surface area contributed by atoms with Crippen LogP contribution in [0.2, 0.25) is 0 Å². The number of hydrogen-bond donors (Lipinski definition) is 2. The van der Waals surface area contributed by atoms with Crippen LogP contribution in [0.4, 0.5) is 5.00 Å². The van der Waals surface area contributed by atoms with Crippen LogP contribution in [-0.4, -0.2) is 35.7 Å². The van der Waals surface area contributed by atoms with Crippen molar-refractivity contribution in [2.45, 2.75) is 45.1 Å². The van der Waals surface area contributed by atoms with E-state index in [1.165, 1.54) is 21.8 Å². The molecule has 3 amide bonds. The number of amides is 3. The van der Waals surface area contributed by atoms with Gasteiger partial charge in [0.15, 0.2) is 0 Å². The molecule has 1 atom stereocenters. The maximum Gasteiger partial charge on any atom is 0.254 e. The Labute approximate surface area is 208 Å². The van der Waals surface area contributed by atoms with E-state index >= 15 is 0 Å². The SMILES string of the molecule is O=C(NCc1ccco1)c1c(NC(=O)C2CC(=O)N(CCc3ccccc3)C2)sc2c1CCCC2. The average molecular weight is 492 g/mol. The lowest BCUT2D eigenvalue weighted by atomic mass is 9.95. The number of carbonyl (C=O) groups is 3. The summed E-state index contributed by atoms with van der Waals surface area (Å²) >= 11 is 1.50. The second kappa shape index (κ2) is 10.5. The maximum atomic E-state index is 13.2. The fourth-order valence-corrected chi connectivity index (χ4v) is 6.14. The third-order valence-corrected chi connectivity index (χ3v) is 7.94. The van der Waals surface area contributed by atoms with Gasteiger partial charge in [-0.1, -0.05) is 30.3 Å². The van der Waals surface area contributed by atoms with Crippen LogP contribution in [0.3, 0.4) is 0 Å². The van der Waals surface area contributed by atoms with Crippen molar-refractivity contribution in [3.05, 3.63) is 76.1 Å². The highest BCUT2D eigenvalue weighted by Crippen LogP contribution is 2.38. The molecule has 1 aliphatic carbocycles. The van der Waals surface area contributed by atoms with Crippen LogP contribution in [0.15, 0.2) is 53.1 Å². The van der Waals surface area contributed by atoms with E-state index in [9.17, 15) is 14.4 Å². The molecule has 2 aliphatic rings. The van der Waals surface area contributed by atoms with E-state index in [1.54, 1.807) is 17.2 Å². The summed E-state index contributed by atoms with van der Waals surface area (Å²) in [5.74, 6) is -0.144. The molecule has 1 saturated heterocycles. The van der Waals surface area contributed by atoms with Gasteiger partial charge in [-0.3, -0.25) is 14.4 Å². The standard InChI is InChI=1S/C27H29N3O4S/c31-23-15-19(17-30(23)13-12-18-7-2-1-3-8-18)25(32)29-27-24(21-10-4-5-11-22(21)35-27)26(33)28-16-20-9-6-14-34-20/h1-3,6-9,14,19H,4-5,10-13,15-17H2,(H,28,33)(H,29,32). The maximum absolute atomic E-state index is 13.2. The van der Waals surface area contributed by atoms with E-state index in [-0.39, 0.29) is 30.7 Å². The molecule has 0 radical (unpaired) electrons. The normalized spacial score (nSPS) is 17.3.